The van der Waals surface area contributed by atoms with Crippen LogP contribution in [0.25, 0.3) is 0 Å². The number of allylic oxidation sites excluding steroid dienone is 1. The lowest BCUT2D eigenvalue weighted by atomic mass is 10.5. The Morgan fingerprint density at radius 2 is 1.42 bits per heavy atom. The summed E-state index contributed by atoms with van der Waals surface area (Å²) >= 11 is 0. The van der Waals surface area contributed by atoms with E-state index >= 15 is 0 Å². The Kier molecular flexibility index (Phi) is 3.46. The topological polar surface area (TPSA) is 68.3 Å². The molecule has 72 valence electrons. The van der Waals surface area contributed by atoms with Crippen molar-refractivity contribution < 1.29 is 16.8 Å². The molecule has 0 saturated heterocycles. The average molecular weight is 212 g/mol. The summed E-state index contributed by atoms with van der Waals surface area (Å²) in [6.45, 7) is 1.68. The van der Waals surface area contributed by atoms with Crippen LogP contribution in [0.4, 0.5) is 0 Å². The predicted octanol–water partition coefficient (Wildman–Crippen LogP) is 0.327. The van der Waals surface area contributed by atoms with Crippen molar-refractivity contribution in [1.82, 2.24) is 0 Å². The van der Waals surface area contributed by atoms with E-state index in [1.807, 2.05) is 0 Å². The second-order valence-electron chi connectivity index (χ2n) is 2.48. The van der Waals surface area contributed by atoms with Gasteiger partial charge in [-0.05, 0) is 6.42 Å². The molecule has 0 bridgehead atoms. The fourth-order valence-corrected chi connectivity index (χ4v) is 3.88. The standard InChI is InChI=1S/C6H12O4S2/c1-4-5-6(11(2,7)8)12(3,9)10/h5H,4H2,1-3H3. The van der Waals surface area contributed by atoms with Crippen molar-refractivity contribution in [1.29, 1.82) is 0 Å². The van der Waals surface area contributed by atoms with E-state index in [4.69, 9.17) is 0 Å². The quantitative estimate of drug-likeness (QED) is 0.676. The van der Waals surface area contributed by atoms with E-state index in [2.05, 4.69) is 0 Å². The van der Waals surface area contributed by atoms with Crippen LogP contribution in [0.2, 0.25) is 0 Å². The maximum absolute atomic E-state index is 10.9. The molecule has 0 amide bonds. The van der Waals surface area contributed by atoms with Crippen LogP contribution in [0.1, 0.15) is 13.3 Å². The number of rotatable bonds is 3. The zero-order valence-corrected chi connectivity index (χ0v) is 8.87. The molecule has 0 saturated carbocycles. The smallest absolute Gasteiger partial charge is 0.186 e. The molecule has 0 unspecified atom stereocenters. The highest BCUT2D eigenvalue weighted by atomic mass is 32.3. The van der Waals surface area contributed by atoms with Crippen molar-refractivity contribution in [2.45, 2.75) is 13.3 Å². The van der Waals surface area contributed by atoms with Crippen LogP contribution in [-0.2, 0) is 19.7 Å². The van der Waals surface area contributed by atoms with Crippen molar-refractivity contribution in [2.75, 3.05) is 12.5 Å². The molecule has 0 rings (SSSR count). The van der Waals surface area contributed by atoms with Gasteiger partial charge in [0.15, 0.2) is 23.9 Å². The molecule has 0 aliphatic rings. The largest absolute Gasteiger partial charge is 0.223 e. The summed E-state index contributed by atoms with van der Waals surface area (Å²) in [5, 5.41) is 0. The summed E-state index contributed by atoms with van der Waals surface area (Å²) < 4.78 is 43.2. The number of hydrogen-bond acceptors (Lipinski definition) is 4. The average Bonchev–Trinajstić information content (AvgIpc) is 1.77. The van der Waals surface area contributed by atoms with Gasteiger partial charge >= 0.3 is 0 Å². The van der Waals surface area contributed by atoms with Crippen LogP contribution in [0.3, 0.4) is 0 Å². The first-order valence-electron chi connectivity index (χ1n) is 3.30. The van der Waals surface area contributed by atoms with Gasteiger partial charge in [-0.3, -0.25) is 0 Å². The summed E-state index contributed by atoms with van der Waals surface area (Å²) in [6, 6.07) is 0. The van der Waals surface area contributed by atoms with Gasteiger partial charge < -0.3 is 0 Å². The third-order valence-electron chi connectivity index (χ3n) is 1.10. The van der Waals surface area contributed by atoms with Gasteiger partial charge in [0.25, 0.3) is 0 Å². The molecule has 0 aromatic carbocycles. The van der Waals surface area contributed by atoms with Gasteiger partial charge in [0.2, 0.25) is 0 Å². The predicted molar refractivity (Wildman–Crippen MR) is 48.1 cm³/mol. The third kappa shape index (κ3) is 3.36. The Bertz CT molecular complexity index is 338. The van der Waals surface area contributed by atoms with Crippen molar-refractivity contribution in [3.05, 3.63) is 10.3 Å². The Morgan fingerprint density at radius 1 is 1.08 bits per heavy atom. The van der Waals surface area contributed by atoms with E-state index in [-0.39, 0.29) is 0 Å². The summed E-state index contributed by atoms with van der Waals surface area (Å²) in [6.07, 6.45) is 3.35. The number of sulfone groups is 2. The van der Waals surface area contributed by atoms with Crippen molar-refractivity contribution >= 4 is 19.7 Å². The number of hydrogen-bond donors (Lipinski definition) is 0. The van der Waals surface area contributed by atoms with E-state index in [0.29, 0.717) is 6.42 Å². The summed E-state index contributed by atoms with van der Waals surface area (Å²) in [7, 11) is -7.22. The van der Waals surface area contributed by atoms with Crippen LogP contribution in [0, 0.1) is 0 Å². The monoisotopic (exact) mass is 212 g/mol. The summed E-state index contributed by atoms with van der Waals surface area (Å²) in [4.78, 5) is 0. The SMILES string of the molecule is CCC=C(S(C)(=O)=O)S(C)(=O)=O. The fourth-order valence-electron chi connectivity index (χ4n) is 0.744. The molecule has 0 atom stereocenters. The normalized spacial score (nSPS) is 12.6. The van der Waals surface area contributed by atoms with Crippen molar-refractivity contribution in [3.63, 3.8) is 0 Å². The second kappa shape index (κ2) is 3.57. The zero-order valence-electron chi connectivity index (χ0n) is 7.23. The molecule has 0 aromatic heterocycles. The van der Waals surface area contributed by atoms with E-state index in [1.165, 1.54) is 6.08 Å². The second-order valence-corrected chi connectivity index (χ2v) is 6.70. The molecular formula is C6H12O4S2. The van der Waals surface area contributed by atoms with Gasteiger partial charge in [-0.2, -0.15) is 0 Å². The van der Waals surface area contributed by atoms with Crippen molar-refractivity contribution in [3.8, 4) is 0 Å². The van der Waals surface area contributed by atoms with E-state index in [9.17, 15) is 16.8 Å². The molecule has 0 fully saturated rings. The third-order valence-corrected chi connectivity index (χ3v) is 4.71. The Balaban J connectivity index is 5.43. The zero-order chi connectivity index (χ0) is 9.99. The fraction of sp³-hybridized carbons (Fsp3) is 0.667. The molecule has 0 spiro atoms. The highest BCUT2D eigenvalue weighted by Crippen LogP contribution is 2.12. The van der Waals surface area contributed by atoms with E-state index in [0.717, 1.165) is 12.5 Å². The minimum Gasteiger partial charge on any atom is -0.223 e. The molecule has 0 N–H and O–H groups in total. The molecule has 0 aromatic rings. The first-order valence-corrected chi connectivity index (χ1v) is 7.08. The maximum Gasteiger partial charge on any atom is 0.186 e. The van der Waals surface area contributed by atoms with Gasteiger partial charge in [-0.25, -0.2) is 16.8 Å². The lowest BCUT2D eigenvalue weighted by Gasteiger charge is -2.00. The maximum atomic E-state index is 10.9. The molecule has 0 aliphatic carbocycles. The molecule has 4 nitrogen and oxygen atoms in total. The Hall–Kier alpha value is -0.360. The molecule has 6 heteroatoms. The molecule has 0 heterocycles. The molecular weight excluding hydrogens is 200 g/mol. The molecule has 0 aliphatic heterocycles. The van der Waals surface area contributed by atoms with Crippen LogP contribution < -0.4 is 0 Å². The van der Waals surface area contributed by atoms with Gasteiger partial charge in [0.1, 0.15) is 0 Å². The van der Waals surface area contributed by atoms with Crippen molar-refractivity contribution in [2.24, 2.45) is 0 Å². The first-order chi connectivity index (χ1) is 5.19. The first kappa shape index (κ1) is 11.6. The minimum absolute atomic E-state index is 0.384. The summed E-state index contributed by atoms with van der Waals surface area (Å²) in [5.41, 5.74) is 0. The molecule has 12 heavy (non-hydrogen) atoms. The lowest BCUT2D eigenvalue weighted by Crippen LogP contribution is -2.11. The highest BCUT2D eigenvalue weighted by molar-refractivity contribution is 8.13. The minimum atomic E-state index is -3.61. The molecule has 0 radical (unpaired) electrons. The van der Waals surface area contributed by atoms with Gasteiger partial charge in [0, 0.05) is 12.5 Å². The van der Waals surface area contributed by atoms with Crippen LogP contribution in [0.5, 0.6) is 0 Å². The highest BCUT2D eigenvalue weighted by Gasteiger charge is 2.21. The van der Waals surface area contributed by atoms with Gasteiger partial charge in [-0.15, -0.1) is 0 Å². The van der Waals surface area contributed by atoms with Crippen LogP contribution >= 0.6 is 0 Å². The Labute approximate surface area is 73.1 Å². The van der Waals surface area contributed by atoms with E-state index in [1.54, 1.807) is 6.92 Å². The Morgan fingerprint density at radius 3 is 1.50 bits per heavy atom. The lowest BCUT2D eigenvalue weighted by molar-refractivity contribution is 0.601. The van der Waals surface area contributed by atoms with Crippen LogP contribution in [0.15, 0.2) is 10.3 Å². The van der Waals surface area contributed by atoms with Gasteiger partial charge in [-0.1, -0.05) is 13.0 Å². The summed E-state index contributed by atoms with van der Waals surface area (Å²) in [5.74, 6) is 0. The van der Waals surface area contributed by atoms with E-state index < -0.39 is 23.9 Å². The van der Waals surface area contributed by atoms with Gasteiger partial charge in [0.05, 0.1) is 0 Å². The van der Waals surface area contributed by atoms with Crippen LogP contribution in [-0.4, -0.2) is 29.3 Å².